The Morgan fingerprint density at radius 2 is 1.75 bits per heavy atom. The fourth-order valence-corrected chi connectivity index (χ4v) is 2.55. The number of esters is 1. The lowest BCUT2D eigenvalue weighted by molar-refractivity contribution is -0.146. The number of hydrogen-bond donors (Lipinski definition) is 1. The summed E-state index contributed by atoms with van der Waals surface area (Å²) in [6.07, 6.45) is 0.0142. The van der Waals surface area contributed by atoms with E-state index in [4.69, 9.17) is 32.7 Å². The van der Waals surface area contributed by atoms with Crippen LogP contribution in [0, 0.1) is 0 Å². The van der Waals surface area contributed by atoms with Gasteiger partial charge in [-0.15, -0.1) is 0 Å². The van der Waals surface area contributed by atoms with Crippen molar-refractivity contribution in [3.63, 3.8) is 0 Å². The molecule has 1 N–H and O–H groups in total. The Hall–Kier alpha value is -2.24. The summed E-state index contributed by atoms with van der Waals surface area (Å²) in [7, 11) is 1.52. The van der Waals surface area contributed by atoms with Crippen molar-refractivity contribution in [1.82, 2.24) is 0 Å². The van der Waals surface area contributed by atoms with Gasteiger partial charge in [-0.3, -0.25) is 9.59 Å². The maximum absolute atomic E-state index is 11.8. The Balaban J connectivity index is 1.86. The van der Waals surface area contributed by atoms with Gasteiger partial charge in [0, 0.05) is 21.3 Å². The highest BCUT2D eigenvalue weighted by molar-refractivity contribution is 6.35. The molecule has 2 aromatic carbocycles. The van der Waals surface area contributed by atoms with Gasteiger partial charge in [-0.05, 0) is 24.3 Å². The first-order chi connectivity index (χ1) is 11.5. The maximum atomic E-state index is 11.8. The minimum atomic E-state index is -0.529. The molecule has 5 nitrogen and oxygen atoms in total. The molecule has 0 aliphatic carbocycles. The molecule has 126 valence electrons. The number of carbonyl (C=O) groups excluding carboxylic acids is 2. The van der Waals surface area contributed by atoms with Crippen LogP contribution >= 0.6 is 23.2 Å². The highest BCUT2D eigenvalue weighted by Gasteiger charge is 2.12. The van der Waals surface area contributed by atoms with Gasteiger partial charge in [0.25, 0.3) is 5.91 Å². The predicted molar refractivity (Wildman–Crippen MR) is 92.7 cm³/mol. The normalized spacial score (nSPS) is 10.1. The van der Waals surface area contributed by atoms with Gasteiger partial charge < -0.3 is 14.8 Å². The molecule has 0 saturated carbocycles. The van der Waals surface area contributed by atoms with E-state index in [0.29, 0.717) is 27.0 Å². The van der Waals surface area contributed by atoms with E-state index in [1.807, 2.05) is 0 Å². The van der Waals surface area contributed by atoms with Crippen LogP contribution in [0.5, 0.6) is 5.75 Å². The van der Waals surface area contributed by atoms with E-state index >= 15 is 0 Å². The van der Waals surface area contributed by atoms with Crippen molar-refractivity contribution in [2.45, 2.75) is 6.42 Å². The minimum absolute atomic E-state index is 0.0142. The zero-order valence-electron chi connectivity index (χ0n) is 12.8. The third-order valence-corrected chi connectivity index (χ3v) is 3.47. The van der Waals surface area contributed by atoms with Crippen LogP contribution in [0.2, 0.25) is 10.0 Å². The largest absolute Gasteiger partial charge is 0.496 e. The summed E-state index contributed by atoms with van der Waals surface area (Å²) in [6.45, 7) is -0.405. The molecule has 2 aromatic rings. The molecule has 7 heteroatoms. The molecule has 0 spiro atoms. The molecule has 0 aliphatic rings. The quantitative estimate of drug-likeness (QED) is 0.790. The molecule has 24 heavy (non-hydrogen) atoms. The molecule has 0 unspecified atom stereocenters. The second-order valence-electron chi connectivity index (χ2n) is 4.86. The lowest BCUT2D eigenvalue weighted by Gasteiger charge is -2.09. The van der Waals surface area contributed by atoms with Crippen LogP contribution in [0.25, 0.3) is 0 Å². The van der Waals surface area contributed by atoms with Crippen LogP contribution in [0.4, 0.5) is 5.69 Å². The number of methoxy groups -OCH3 is 1. The van der Waals surface area contributed by atoms with E-state index in [1.54, 1.807) is 42.5 Å². The minimum Gasteiger partial charge on any atom is -0.496 e. The number of carbonyl (C=O) groups is 2. The van der Waals surface area contributed by atoms with E-state index in [0.717, 1.165) is 0 Å². The number of amides is 1. The second kappa shape index (κ2) is 8.57. The number of rotatable bonds is 6. The number of halogens is 2. The standard InChI is InChI=1S/C17H15Cl2NO4/c1-23-15-5-3-2-4-11(15)6-17(22)24-10-16(21)20-14-8-12(18)7-13(19)9-14/h2-5,7-9H,6,10H2,1H3,(H,20,21). The third-order valence-electron chi connectivity index (χ3n) is 3.04. The van der Waals surface area contributed by atoms with E-state index in [-0.39, 0.29) is 6.42 Å². The Labute approximate surface area is 149 Å². The zero-order chi connectivity index (χ0) is 17.5. The zero-order valence-corrected chi connectivity index (χ0v) is 14.4. The molecule has 0 aromatic heterocycles. The number of nitrogens with one attached hydrogen (secondary N) is 1. The van der Waals surface area contributed by atoms with Gasteiger partial charge in [-0.1, -0.05) is 41.4 Å². The van der Waals surface area contributed by atoms with Gasteiger partial charge in [-0.2, -0.15) is 0 Å². The molecule has 2 rings (SSSR count). The summed E-state index contributed by atoms with van der Waals surface area (Å²) in [6, 6.07) is 11.7. The number of benzene rings is 2. The van der Waals surface area contributed by atoms with Crippen LogP contribution in [0.15, 0.2) is 42.5 Å². The van der Waals surface area contributed by atoms with Crippen molar-refractivity contribution in [1.29, 1.82) is 0 Å². The maximum Gasteiger partial charge on any atom is 0.310 e. The number of para-hydroxylation sites is 1. The van der Waals surface area contributed by atoms with Crippen molar-refractivity contribution >= 4 is 40.8 Å². The lowest BCUT2D eigenvalue weighted by atomic mass is 10.1. The first-order valence-electron chi connectivity index (χ1n) is 7.01. The molecular weight excluding hydrogens is 353 g/mol. The Kier molecular flexibility index (Phi) is 6.46. The SMILES string of the molecule is COc1ccccc1CC(=O)OCC(=O)Nc1cc(Cl)cc(Cl)c1. The van der Waals surface area contributed by atoms with Gasteiger partial charge in [0.1, 0.15) is 5.75 Å². The Morgan fingerprint density at radius 3 is 2.42 bits per heavy atom. The second-order valence-corrected chi connectivity index (χ2v) is 5.73. The molecule has 0 fully saturated rings. The summed E-state index contributed by atoms with van der Waals surface area (Å²) >= 11 is 11.7. The van der Waals surface area contributed by atoms with Crippen molar-refractivity contribution in [3.05, 3.63) is 58.1 Å². The molecule has 0 bridgehead atoms. The first-order valence-corrected chi connectivity index (χ1v) is 7.77. The average Bonchev–Trinajstić information content (AvgIpc) is 2.52. The summed E-state index contributed by atoms with van der Waals surface area (Å²) in [4.78, 5) is 23.7. The summed E-state index contributed by atoms with van der Waals surface area (Å²) < 4.78 is 10.1. The molecule has 0 aliphatic heterocycles. The summed E-state index contributed by atoms with van der Waals surface area (Å²) in [5, 5.41) is 3.34. The molecule has 0 radical (unpaired) electrons. The van der Waals surface area contributed by atoms with Gasteiger partial charge in [0.2, 0.25) is 0 Å². The van der Waals surface area contributed by atoms with Crippen molar-refractivity contribution in [3.8, 4) is 5.75 Å². The third kappa shape index (κ3) is 5.44. The van der Waals surface area contributed by atoms with E-state index in [2.05, 4.69) is 5.32 Å². The molecule has 0 saturated heterocycles. The highest BCUT2D eigenvalue weighted by atomic mass is 35.5. The Morgan fingerprint density at radius 1 is 1.08 bits per heavy atom. The first kappa shape index (κ1) is 18.1. The van der Waals surface area contributed by atoms with Crippen LogP contribution in [-0.2, 0) is 20.7 Å². The van der Waals surface area contributed by atoms with Crippen molar-refractivity contribution in [2.75, 3.05) is 19.0 Å². The molecule has 1 amide bonds. The topological polar surface area (TPSA) is 64.6 Å². The van der Waals surface area contributed by atoms with Gasteiger partial charge in [0.05, 0.1) is 13.5 Å². The van der Waals surface area contributed by atoms with Crippen LogP contribution in [0.1, 0.15) is 5.56 Å². The van der Waals surface area contributed by atoms with Gasteiger partial charge in [-0.25, -0.2) is 0 Å². The van der Waals surface area contributed by atoms with Crippen LogP contribution < -0.4 is 10.1 Å². The van der Waals surface area contributed by atoms with E-state index < -0.39 is 18.5 Å². The van der Waals surface area contributed by atoms with Crippen molar-refractivity contribution in [2.24, 2.45) is 0 Å². The summed E-state index contributed by atoms with van der Waals surface area (Å²) in [5.41, 5.74) is 1.12. The van der Waals surface area contributed by atoms with E-state index in [9.17, 15) is 9.59 Å². The highest BCUT2D eigenvalue weighted by Crippen LogP contribution is 2.22. The molecular formula is C17H15Cl2NO4. The van der Waals surface area contributed by atoms with Gasteiger partial charge in [0.15, 0.2) is 6.61 Å². The number of hydrogen-bond acceptors (Lipinski definition) is 4. The smallest absolute Gasteiger partial charge is 0.310 e. The number of anilines is 1. The van der Waals surface area contributed by atoms with Gasteiger partial charge >= 0.3 is 5.97 Å². The fraction of sp³-hybridized carbons (Fsp3) is 0.176. The van der Waals surface area contributed by atoms with Crippen LogP contribution in [0.3, 0.4) is 0 Å². The average molecular weight is 368 g/mol. The van der Waals surface area contributed by atoms with E-state index in [1.165, 1.54) is 7.11 Å². The number of ether oxygens (including phenoxy) is 2. The Bertz CT molecular complexity index is 729. The summed E-state index contributed by atoms with van der Waals surface area (Å²) in [5.74, 6) is -0.423. The lowest BCUT2D eigenvalue weighted by Crippen LogP contribution is -2.21. The van der Waals surface area contributed by atoms with Crippen LogP contribution in [-0.4, -0.2) is 25.6 Å². The monoisotopic (exact) mass is 367 g/mol. The molecule has 0 heterocycles. The fourth-order valence-electron chi connectivity index (χ4n) is 2.02. The predicted octanol–water partition coefficient (Wildman–Crippen LogP) is 3.73. The van der Waals surface area contributed by atoms with Crippen molar-refractivity contribution < 1.29 is 19.1 Å². The molecule has 0 atom stereocenters.